The first kappa shape index (κ1) is 18.6. The molecule has 1 N–H and O–H groups in total. The smallest absolute Gasteiger partial charge is 0.228 e. The fraction of sp³-hybridized carbons (Fsp3) is 0.600. The van der Waals surface area contributed by atoms with E-state index in [4.69, 9.17) is 16.3 Å². The van der Waals surface area contributed by atoms with Crippen LogP contribution in [0.5, 0.6) is 5.75 Å². The lowest BCUT2D eigenvalue weighted by atomic mass is 9.77. The molecule has 1 unspecified atom stereocenters. The highest BCUT2D eigenvalue weighted by Crippen LogP contribution is 2.39. The van der Waals surface area contributed by atoms with Crippen LogP contribution in [0.4, 0.5) is 5.69 Å². The normalized spacial score (nSPS) is 24.7. The average molecular weight is 392 g/mol. The Bertz CT molecular complexity index is 738. The molecule has 1 spiro atoms. The number of halogens is 1. The Kier molecular flexibility index (Phi) is 5.03. The first-order valence-electron chi connectivity index (χ1n) is 9.65. The van der Waals surface area contributed by atoms with Gasteiger partial charge in [-0.05, 0) is 49.4 Å². The first-order valence-corrected chi connectivity index (χ1v) is 10.0. The molecule has 0 saturated carbocycles. The number of hydrogen-bond acceptors (Lipinski definition) is 4. The van der Waals surface area contributed by atoms with Crippen molar-refractivity contribution in [3.63, 3.8) is 0 Å². The summed E-state index contributed by atoms with van der Waals surface area (Å²) in [6, 6.07) is 5.21. The molecule has 0 aromatic heterocycles. The van der Waals surface area contributed by atoms with Crippen molar-refractivity contribution >= 4 is 29.1 Å². The molecular formula is C20H26ClN3O3. The van der Waals surface area contributed by atoms with Gasteiger partial charge in [-0.2, -0.15) is 0 Å². The number of rotatable bonds is 3. The Morgan fingerprint density at radius 2 is 2.07 bits per heavy atom. The van der Waals surface area contributed by atoms with Gasteiger partial charge in [-0.25, -0.2) is 0 Å². The number of benzene rings is 1. The van der Waals surface area contributed by atoms with E-state index in [9.17, 15) is 9.59 Å². The van der Waals surface area contributed by atoms with Gasteiger partial charge >= 0.3 is 0 Å². The molecule has 0 aliphatic carbocycles. The zero-order valence-electron chi connectivity index (χ0n) is 15.7. The molecule has 1 atom stereocenters. The van der Waals surface area contributed by atoms with Crippen LogP contribution < -0.4 is 15.0 Å². The maximum atomic E-state index is 13.0. The van der Waals surface area contributed by atoms with Crippen LogP contribution in [0.25, 0.3) is 0 Å². The van der Waals surface area contributed by atoms with Crippen LogP contribution in [-0.4, -0.2) is 56.5 Å². The van der Waals surface area contributed by atoms with Crippen molar-refractivity contribution < 1.29 is 14.3 Å². The van der Waals surface area contributed by atoms with E-state index in [1.165, 1.54) is 6.42 Å². The molecule has 3 saturated heterocycles. The highest BCUT2D eigenvalue weighted by Gasteiger charge is 2.42. The van der Waals surface area contributed by atoms with Crippen molar-refractivity contribution in [2.75, 3.05) is 44.7 Å². The lowest BCUT2D eigenvalue weighted by molar-refractivity contribution is -0.137. The van der Waals surface area contributed by atoms with Crippen molar-refractivity contribution in [3.05, 3.63) is 23.2 Å². The van der Waals surface area contributed by atoms with E-state index in [0.717, 1.165) is 39.0 Å². The maximum absolute atomic E-state index is 13.0. The molecule has 3 heterocycles. The largest absolute Gasteiger partial charge is 0.495 e. The molecule has 0 radical (unpaired) electrons. The second-order valence-corrected chi connectivity index (χ2v) is 8.41. The minimum Gasteiger partial charge on any atom is -0.495 e. The summed E-state index contributed by atoms with van der Waals surface area (Å²) >= 11 is 6.11. The fourth-order valence-electron chi connectivity index (χ4n) is 4.66. The molecule has 0 bridgehead atoms. The van der Waals surface area contributed by atoms with E-state index in [1.54, 1.807) is 30.2 Å². The van der Waals surface area contributed by atoms with E-state index >= 15 is 0 Å². The number of piperidine rings is 1. The quantitative estimate of drug-likeness (QED) is 0.858. The van der Waals surface area contributed by atoms with Crippen molar-refractivity contribution in [2.24, 2.45) is 11.3 Å². The van der Waals surface area contributed by atoms with Gasteiger partial charge in [0.05, 0.1) is 18.7 Å². The first-order chi connectivity index (χ1) is 13.0. The molecule has 3 fully saturated rings. The van der Waals surface area contributed by atoms with Gasteiger partial charge in [-0.3, -0.25) is 9.59 Å². The standard InChI is InChI=1S/C20H26ClN3O3/c1-27-17-3-2-15(21)11-16(17)24-12-14(10-18(24)25)19(26)23-8-5-20(6-9-23)4-7-22-13-20/h2-3,11,14,22H,4-10,12-13H2,1H3. The number of amides is 2. The number of ether oxygens (including phenoxy) is 1. The number of nitrogens with zero attached hydrogens (tertiary/aromatic N) is 2. The molecule has 7 heteroatoms. The van der Waals surface area contributed by atoms with Gasteiger partial charge in [-0.15, -0.1) is 0 Å². The Morgan fingerprint density at radius 3 is 2.74 bits per heavy atom. The summed E-state index contributed by atoms with van der Waals surface area (Å²) in [4.78, 5) is 29.2. The van der Waals surface area contributed by atoms with Gasteiger partial charge in [0.15, 0.2) is 0 Å². The Balaban J connectivity index is 1.43. The molecule has 1 aromatic carbocycles. The lowest BCUT2D eigenvalue weighted by Crippen LogP contribution is -2.46. The van der Waals surface area contributed by atoms with Gasteiger partial charge in [0.2, 0.25) is 11.8 Å². The monoisotopic (exact) mass is 391 g/mol. The summed E-state index contributed by atoms with van der Waals surface area (Å²) in [6.45, 7) is 4.13. The van der Waals surface area contributed by atoms with Gasteiger partial charge in [0.25, 0.3) is 0 Å². The van der Waals surface area contributed by atoms with Crippen molar-refractivity contribution in [3.8, 4) is 5.75 Å². The van der Waals surface area contributed by atoms with Crippen LogP contribution >= 0.6 is 11.6 Å². The van der Waals surface area contributed by atoms with Gasteiger partial charge < -0.3 is 19.9 Å². The molecule has 6 nitrogen and oxygen atoms in total. The van der Waals surface area contributed by atoms with Gasteiger partial charge in [-0.1, -0.05) is 11.6 Å². The zero-order chi connectivity index (χ0) is 19.0. The van der Waals surface area contributed by atoms with Crippen LogP contribution in [0.2, 0.25) is 5.02 Å². The summed E-state index contributed by atoms with van der Waals surface area (Å²) in [6.07, 6.45) is 3.56. The Hall–Kier alpha value is -1.79. The highest BCUT2D eigenvalue weighted by atomic mass is 35.5. The van der Waals surface area contributed by atoms with Crippen molar-refractivity contribution in [1.82, 2.24) is 10.2 Å². The average Bonchev–Trinajstić information content (AvgIpc) is 3.29. The summed E-state index contributed by atoms with van der Waals surface area (Å²) in [5.41, 5.74) is 1.02. The predicted molar refractivity (Wildman–Crippen MR) is 104 cm³/mol. The van der Waals surface area contributed by atoms with Crippen LogP contribution in [0.15, 0.2) is 18.2 Å². The third kappa shape index (κ3) is 3.52. The molecule has 2 amide bonds. The third-order valence-electron chi connectivity index (χ3n) is 6.37. The Labute approximate surface area is 164 Å². The number of hydrogen-bond donors (Lipinski definition) is 1. The van der Waals surface area contributed by atoms with E-state index in [-0.39, 0.29) is 24.2 Å². The second kappa shape index (κ2) is 7.32. The molecule has 146 valence electrons. The van der Waals surface area contributed by atoms with Crippen molar-refractivity contribution in [1.29, 1.82) is 0 Å². The number of anilines is 1. The SMILES string of the molecule is COc1ccc(Cl)cc1N1CC(C(=O)N2CCC3(CCNC3)CC2)CC1=O. The van der Waals surface area contributed by atoms with E-state index in [0.29, 0.717) is 28.4 Å². The van der Waals surface area contributed by atoms with E-state index in [1.807, 2.05) is 4.90 Å². The molecule has 4 rings (SSSR count). The second-order valence-electron chi connectivity index (χ2n) is 7.97. The Morgan fingerprint density at radius 1 is 1.30 bits per heavy atom. The lowest BCUT2D eigenvalue weighted by Gasteiger charge is -2.39. The topological polar surface area (TPSA) is 61.9 Å². The highest BCUT2D eigenvalue weighted by molar-refractivity contribution is 6.31. The minimum atomic E-state index is -0.294. The van der Waals surface area contributed by atoms with Crippen LogP contribution in [-0.2, 0) is 9.59 Å². The fourth-order valence-corrected chi connectivity index (χ4v) is 4.83. The number of nitrogens with one attached hydrogen (secondary N) is 1. The summed E-state index contributed by atoms with van der Waals surface area (Å²) in [7, 11) is 1.57. The molecular weight excluding hydrogens is 366 g/mol. The molecule has 3 aliphatic rings. The summed E-state index contributed by atoms with van der Waals surface area (Å²) in [5.74, 6) is 0.349. The predicted octanol–water partition coefficient (Wildman–Crippen LogP) is 2.30. The molecule has 27 heavy (non-hydrogen) atoms. The zero-order valence-corrected chi connectivity index (χ0v) is 16.4. The van der Waals surface area contributed by atoms with Crippen molar-refractivity contribution in [2.45, 2.75) is 25.7 Å². The maximum Gasteiger partial charge on any atom is 0.228 e. The van der Waals surface area contributed by atoms with Crippen LogP contribution in [0.3, 0.4) is 0 Å². The van der Waals surface area contributed by atoms with Crippen LogP contribution in [0.1, 0.15) is 25.7 Å². The third-order valence-corrected chi connectivity index (χ3v) is 6.61. The number of carbonyl (C=O) groups is 2. The molecule has 1 aromatic rings. The van der Waals surface area contributed by atoms with Gasteiger partial charge in [0, 0.05) is 37.6 Å². The van der Waals surface area contributed by atoms with Crippen LogP contribution in [0, 0.1) is 11.3 Å². The van der Waals surface area contributed by atoms with Gasteiger partial charge in [0.1, 0.15) is 5.75 Å². The summed E-state index contributed by atoms with van der Waals surface area (Å²) < 4.78 is 5.37. The molecule has 3 aliphatic heterocycles. The summed E-state index contributed by atoms with van der Waals surface area (Å²) in [5, 5.41) is 3.99. The minimum absolute atomic E-state index is 0.0533. The number of carbonyl (C=O) groups excluding carboxylic acids is 2. The number of likely N-dealkylation sites (tertiary alicyclic amines) is 1. The number of methoxy groups -OCH3 is 1. The van der Waals surface area contributed by atoms with E-state index in [2.05, 4.69) is 5.32 Å². The van der Waals surface area contributed by atoms with E-state index < -0.39 is 0 Å².